The normalized spacial score (nSPS) is 13.8. The van der Waals surface area contributed by atoms with Gasteiger partial charge in [-0.3, -0.25) is 0 Å². The maximum Gasteiger partial charge on any atom is 0.0543 e. The van der Waals surface area contributed by atoms with Crippen molar-refractivity contribution in [2.45, 2.75) is 38.5 Å². The van der Waals surface area contributed by atoms with Gasteiger partial charge in [-0.1, -0.05) is 210 Å². The summed E-state index contributed by atoms with van der Waals surface area (Å²) in [5, 5.41) is 2.54. The van der Waals surface area contributed by atoms with Gasteiger partial charge < -0.3 is 4.90 Å². The Morgan fingerprint density at radius 2 is 0.708 bits per heavy atom. The molecular weight excluding hydrogens is 783 g/mol. The smallest absolute Gasteiger partial charge is 0.0543 e. The number of rotatable bonds is 7. The molecule has 0 amide bonds. The second kappa shape index (κ2) is 14.9. The molecule has 0 radical (unpaired) electrons. The molecule has 0 aromatic heterocycles. The molecule has 0 bridgehead atoms. The Morgan fingerprint density at radius 1 is 0.277 bits per heavy atom. The van der Waals surface area contributed by atoms with Crippen molar-refractivity contribution < 1.29 is 0 Å². The molecule has 0 atom stereocenters. The number of para-hydroxylation sites is 1. The lowest BCUT2D eigenvalue weighted by Crippen LogP contribution is -2.18. The number of anilines is 3. The SMILES string of the molecule is CC1(C)c2ccccc2-c2cc3c(cc21)-c1c(cc(N(c2ccccc2)c2cccc(-c4ccc(-c5ccc(-c6ccc(-c7ccccc7)cc6)cc5)cc4)c2)c2ccccc12)C3(C)C. The number of hydrogen-bond acceptors (Lipinski definition) is 1. The van der Waals surface area contributed by atoms with E-state index < -0.39 is 0 Å². The van der Waals surface area contributed by atoms with Gasteiger partial charge in [-0.05, 0) is 137 Å². The number of benzene rings is 10. The lowest BCUT2D eigenvalue weighted by atomic mass is 9.79. The third-order valence-electron chi connectivity index (χ3n) is 14.5. The fourth-order valence-corrected chi connectivity index (χ4v) is 11.0. The molecule has 0 N–H and O–H groups in total. The minimum Gasteiger partial charge on any atom is -0.310 e. The zero-order valence-electron chi connectivity index (χ0n) is 37.3. The van der Waals surface area contributed by atoms with E-state index in [-0.39, 0.29) is 10.8 Å². The Balaban J connectivity index is 0.901. The molecule has 0 unspecified atom stereocenters. The molecule has 1 nitrogen and oxygen atoms in total. The number of nitrogens with zero attached hydrogens (tertiary/aromatic N) is 1. The molecule has 65 heavy (non-hydrogen) atoms. The summed E-state index contributed by atoms with van der Waals surface area (Å²) in [6.45, 7) is 9.62. The van der Waals surface area contributed by atoms with Crippen molar-refractivity contribution in [3.8, 4) is 66.8 Å². The van der Waals surface area contributed by atoms with Crippen LogP contribution in [-0.2, 0) is 10.8 Å². The zero-order valence-corrected chi connectivity index (χ0v) is 37.3. The Hall–Kier alpha value is -7.74. The molecule has 310 valence electrons. The molecule has 0 fully saturated rings. The fraction of sp³-hybridized carbons (Fsp3) is 0.0938. The summed E-state index contributed by atoms with van der Waals surface area (Å²) in [5.41, 5.74) is 23.9. The molecular formula is C64H49N. The average Bonchev–Trinajstić information content (AvgIpc) is 3.73. The van der Waals surface area contributed by atoms with E-state index in [9.17, 15) is 0 Å². The van der Waals surface area contributed by atoms with Crippen LogP contribution in [0.5, 0.6) is 0 Å². The summed E-state index contributed by atoms with van der Waals surface area (Å²) in [6.07, 6.45) is 0. The van der Waals surface area contributed by atoms with Crippen molar-refractivity contribution in [2.75, 3.05) is 4.90 Å². The standard InChI is InChI=1S/C64H49N/c1-63(2)57-25-14-13-22-52(57)55-39-59-56(40-58(55)63)62-54-24-12-11-23-53(54)61(41-60(62)64(59,3)4)65(50-19-9-6-10-20-50)51-21-15-18-49(38-51)48-36-34-47(35-37-48)46-32-30-45(31-33-46)44-28-26-43(27-29-44)42-16-7-5-8-17-42/h5-41H,1-4H3. The van der Waals surface area contributed by atoms with Gasteiger partial charge in [-0.15, -0.1) is 0 Å². The van der Waals surface area contributed by atoms with Crippen LogP contribution in [0.15, 0.2) is 224 Å². The van der Waals surface area contributed by atoms with Gasteiger partial charge in [0.25, 0.3) is 0 Å². The van der Waals surface area contributed by atoms with E-state index in [1.165, 1.54) is 105 Å². The fourth-order valence-electron chi connectivity index (χ4n) is 11.0. The quantitative estimate of drug-likeness (QED) is 0.155. The van der Waals surface area contributed by atoms with Gasteiger partial charge in [0.05, 0.1) is 5.69 Å². The van der Waals surface area contributed by atoms with Gasteiger partial charge in [0.1, 0.15) is 0 Å². The van der Waals surface area contributed by atoms with Crippen molar-refractivity contribution in [1.82, 2.24) is 0 Å². The number of fused-ring (bicyclic) bond motifs is 8. The van der Waals surface area contributed by atoms with Crippen molar-refractivity contribution in [2.24, 2.45) is 0 Å². The summed E-state index contributed by atoms with van der Waals surface area (Å²) in [5.74, 6) is 0. The predicted molar refractivity (Wildman–Crippen MR) is 276 cm³/mol. The molecule has 2 aliphatic rings. The van der Waals surface area contributed by atoms with Crippen LogP contribution < -0.4 is 4.90 Å². The van der Waals surface area contributed by atoms with Crippen molar-refractivity contribution in [3.05, 3.63) is 247 Å². The van der Waals surface area contributed by atoms with Crippen LogP contribution in [0.4, 0.5) is 17.1 Å². The summed E-state index contributed by atoms with van der Waals surface area (Å²) < 4.78 is 0. The first kappa shape index (κ1) is 38.9. The van der Waals surface area contributed by atoms with E-state index in [2.05, 4.69) is 257 Å². The highest BCUT2D eigenvalue weighted by Crippen LogP contribution is 2.59. The molecule has 12 rings (SSSR count). The summed E-state index contributed by atoms with van der Waals surface area (Å²) in [7, 11) is 0. The average molecular weight is 832 g/mol. The molecule has 10 aromatic carbocycles. The van der Waals surface area contributed by atoms with Crippen molar-refractivity contribution in [3.63, 3.8) is 0 Å². The molecule has 1 heteroatoms. The van der Waals surface area contributed by atoms with E-state index in [4.69, 9.17) is 0 Å². The monoisotopic (exact) mass is 831 g/mol. The lowest BCUT2D eigenvalue weighted by molar-refractivity contribution is 0.652. The third-order valence-corrected chi connectivity index (χ3v) is 14.5. The van der Waals surface area contributed by atoms with Crippen molar-refractivity contribution >= 4 is 27.8 Å². The van der Waals surface area contributed by atoms with Gasteiger partial charge >= 0.3 is 0 Å². The lowest BCUT2D eigenvalue weighted by Gasteiger charge is -2.30. The highest BCUT2D eigenvalue weighted by molar-refractivity contribution is 6.10. The zero-order chi connectivity index (χ0) is 43.9. The summed E-state index contributed by atoms with van der Waals surface area (Å²) in [6, 6.07) is 82.9. The highest BCUT2D eigenvalue weighted by Gasteiger charge is 2.42. The third kappa shape index (κ3) is 6.29. The van der Waals surface area contributed by atoms with Crippen LogP contribution in [0, 0.1) is 0 Å². The maximum atomic E-state index is 2.54. The summed E-state index contributed by atoms with van der Waals surface area (Å²) in [4.78, 5) is 2.47. The van der Waals surface area contributed by atoms with Gasteiger partial charge in [-0.2, -0.15) is 0 Å². The summed E-state index contributed by atoms with van der Waals surface area (Å²) >= 11 is 0. The maximum absolute atomic E-state index is 2.54. The molecule has 0 spiro atoms. The highest BCUT2D eigenvalue weighted by atomic mass is 15.1. The molecule has 0 heterocycles. The van der Waals surface area contributed by atoms with E-state index in [0.29, 0.717) is 0 Å². The van der Waals surface area contributed by atoms with Crippen LogP contribution in [0.3, 0.4) is 0 Å². The Kier molecular flexibility index (Phi) is 8.94. The molecule has 0 saturated carbocycles. The first-order chi connectivity index (χ1) is 31.7. The van der Waals surface area contributed by atoms with Gasteiger partial charge in [0.15, 0.2) is 0 Å². The van der Waals surface area contributed by atoms with Gasteiger partial charge in [0, 0.05) is 27.6 Å². The van der Waals surface area contributed by atoms with Gasteiger partial charge in [-0.25, -0.2) is 0 Å². The van der Waals surface area contributed by atoms with Crippen molar-refractivity contribution in [1.29, 1.82) is 0 Å². The van der Waals surface area contributed by atoms with E-state index in [1.807, 2.05) is 0 Å². The first-order valence-corrected chi connectivity index (χ1v) is 22.9. The Morgan fingerprint density at radius 3 is 1.32 bits per heavy atom. The van der Waals surface area contributed by atoms with E-state index >= 15 is 0 Å². The van der Waals surface area contributed by atoms with Crippen LogP contribution in [-0.4, -0.2) is 0 Å². The van der Waals surface area contributed by atoms with Crippen LogP contribution in [0.25, 0.3) is 77.5 Å². The van der Waals surface area contributed by atoms with Gasteiger partial charge in [0.2, 0.25) is 0 Å². The van der Waals surface area contributed by atoms with E-state index in [1.54, 1.807) is 0 Å². The molecule has 0 saturated heterocycles. The van der Waals surface area contributed by atoms with Crippen LogP contribution in [0.2, 0.25) is 0 Å². The minimum atomic E-state index is -0.208. The van der Waals surface area contributed by atoms with E-state index in [0.717, 1.165) is 11.4 Å². The molecule has 0 aliphatic heterocycles. The molecule has 10 aromatic rings. The topological polar surface area (TPSA) is 3.24 Å². The second-order valence-electron chi connectivity index (χ2n) is 18.9. The van der Waals surface area contributed by atoms with Crippen LogP contribution >= 0.6 is 0 Å². The first-order valence-electron chi connectivity index (χ1n) is 22.9. The largest absolute Gasteiger partial charge is 0.310 e. The Bertz CT molecular complexity index is 3430. The predicted octanol–water partition coefficient (Wildman–Crippen LogP) is 17.6. The minimum absolute atomic E-state index is 0.0676. The van der Waals surface area contributed by atoms with Crippen LogP contribution in [0.1, 0.15) is 49.9 Å². The Labute approximate surface area is 383 Å². The second-order valence-corrected chi connectivity index (χ2v) is 18.9. The number of hydrogen-bond donors (Lipinski definition) is 0. The molecule has 2 aliphatic carbocycles.